The van der Waals surface area contributed by atoms with E-state index in [0.29, 0.717) is 5.82 Å². The molecule has 6 nitrogen and oxygen atoms in total. The third kappa shape index (κ3) is 3.37. The first-order valence-electron chi connectivity index (χ1n) is 7.75. The summed E-state index contributed by atoms with van der Waals surface area (Å²) in [5, 5.41) is 6.78. The summed E-state index contributed by atoms with van der Waals surface area (Å²) >= 11 is 0. The van der Waals surface area contributed by atoms with E-state index >= 15 is 0 Å². The lowest BCUT2D eigenvalue weighted by Gasteiger charge is -2.17. The van der Waals surface area contributed by atoms with Gasteiger partial charge in [0.15, 0.2) is 5.82 Å². The lowest BCUT2D eigenvalue weighted by atomic mass is 9.93. The lowest BCUT2D eigenvalue weighted by molar-refractivity contribution is -0.118. The topological polar surface area (TPSA) is 73.0 Å². The lowest BCUT2D eigenvalue weighted by Crippen LogP contribution is -2.26. The predicted octanol–water partition coefficient (Wildman–Crippen LogP) is 3.40. The van der Waals surface area contributed by atoms with Crippen LogP contribution in [-0.2, 0) is 10.2 Å². The van der Waals surface area contributed by atoms with Crippen LogP contribution in [0.4, 0.5) is 5.82 Å². The molecule has 0 saturated heterocycles. The number of hydrogen-bond donors (Lipinski definition) is 1. The van der Waals surface area contributed by atoms with E-state index in [1.807, 2.05) is 51.1 Å². The smallest absolute Gasteiger partial charge is 0.253 e. The molecule has 0 aliphatic rings. The normalized spacial score (nSPS) is 12.8. The Morgan fingerprint density at radius 1 is 1.25 bits per heavy atom. The van der Waals surface area contributed by atoms with Gasteiger partial charge in [0, 0.05) is 23.9 Å². The zero-order chi connectivity index (χ0) is 17.2. The van der Waals surface area contributed by atoms with Crippen molar-refractivity contribution in [3.8, 4) is 0 Å². The molecule has 0 saturated carbocycles. The number of imidazole rings is 1. The Morgan fingerprint density at radius 2 is 2.00 bits per heavy atom. The molecule has 1 aromatic carbocycles. The number of benzene rings is 1. The van der Waals surface area contributed by atoms with Crippen LogP contribution in [0, 0.1) is 0 Å². The summed E-state index contributed by atoms with van der Waals surface area (Å²) in [6.07, 6.45) is 5.04. The highest BCUT2D eigenvalue weighted by Gasteiger charge is 2.25. The van der Waals surface area contributed by atoms with Crippen LogP contribution in [-0.4, -0.2) is 20.6 Å². The van der Waals surface area contributed by atoms with E-state index in [1.54, 1.807) is 29.4 Å². The van der Waals surface area contributed by atoms with Crippen molar-refractivity contribution >= 4 is 11.7 Å². The average molecular weight is 324 g/mol. The second kappa shape index (κ2) is 6.31. The Balaban J connectivity index is 1.86. The van der Waals surface area contributed by atoms with Crippen molar-refractivity contribution in [1.29, 1.82) is 0 Å². The molecular formula is C18H20N4O2. The number of nitrogens with one attached hydrogen (secondary N) is 1. The van der Waals surface area contributed by atoms with Crippen LogP contribution in [0.3, 0.4) is 0 Å². The van der Waals surface area contributed by atoms with E-state index in [9.17, 15) is 4.79 Å². The molecule has 6 heteroatoms. The molecule has 3 rings (SSSR count). The molecule has 0 bridgehead atoms. The van der Waals surface area contributed by atoms with Crippen LogP contribution in [0.25, 0.3) is 0 Å². The number of aromatic nitrogens is 3. The third-order valence-corrected chi connectivity index (χ3v) is 3.69. The molecule has 2 heterocycles. The van der Waals surface area contributed by atoms with Gasteiger partial charge in [0.25, 0.3) is 5.91 Å². The van der Waals surface area contributed by atoms with E-state index in [0.717, 1.165) is 11.3 Å². The zero-order valence-corrected chi connectivity index (χ0v) is 13.9. The van der Waals surface area contributed by atoms with Gasteiger partial charge in [0.2, 0.25) is 0 Å². The number of anilines is 1. The van der Waals surface area contributed by atoms with Crippen molar-refractivity contribution in [3.63, 3.8) is 0 Å². The van der Waals surface area contributed by atoms with Crippen molar-refractivity contribution in [2.45, 2.75) is 32.2 Å². The van der Waals surface area contributed by atoms with Gasteiger partial charge in [-0.1, -0.05) is 56.3 Å². The summed E-state index contributed by atoms with van der Waals surface area (Å²) in [5.41, 5.74) is 0.701. The molecule has 1 atom stereocenters. The molecule has 3 aromatic rings. The Bertz CT molecular complexity index is 801. The zero-order valence-electron chi connectivity index (χ0n) is 13.9. The number of nitrogens with zero attached hydrogens (tertiary/aromatic N) is 3. The Hall–Kier alpha value is -2.89. The fourth-order valence-electron chi connectivity index (χ4n) is 2.40. The fraction of sp³-hybridized carbons (Fsp3) is 0.278. The Kier molecular flexibility index (Phi) is 4.20. The second-order valence-electron chi connectivity index (χ2n) is 6.64. The van der Waals surface area contributed by atoms with Crippen LogP contribution >= 0.6 is 0 Å². The van der Waals surface area contributed by atoms with Gasteiger partial charge in [0.05, 0.1) is 6.33 Å². The fourth-order valence-corrected chi connectivity index (χ4v) is 2.40. The average Bonchev–Trinajstić information content (AvgIpc) is 3.20. The van der Waals surface area contributed by atoms with Crippen LogP contribution in [0.15, 0.2) is 59.6 Å². The first kappa shape index (κ1) is 16.0. The first-order chi connectivity index (χ1) is 11.4. The summed E-state index contributed by atoms with van der Waals surface area (Å²) in [5.74, 6) is 0.927. The van der Waals surface area contributed by atoms with Gasteiger partial charge < -0.3 is 14.4 Å². The van der Waals surface area contributed by atoms with Gasteiger partial charge in [-0.05, 0) is 5.56 Å². The largest absolute Gasteiger partial charge is 0.359 e. The van der Waals surface area contributed by atoms with Gasteiger partial charge in [-0.15, -0.1) is 0 Å². The number of rotatable bonds is 4. The molecule has 0 fully saturated rings. The summed E-state index contributed by atoms with van der Waals surface area (Å²) in [6.45, 7) is 6.08. The minimum Gasteiger partial charge on any atom is -0.359 e. The molecule has 2 aromatic heterocycles. The van der Waals surface area contributed by atoms with Crippen LogP contribution < -0.4 is 5.32 Å². The van der Waals surface area contributed by atoms with E-state index in [4.69, 9.17) is 4.52 Å². The maximum absolute atomic E-state index is 12.8. The highest BCUT2D eigenvalue weighted by atomic mass is 16.5. The highest BCUT2D eigenvalue weighted by Crippen LogP contribution is 2.25. The molecule has 0 radical (unpaired) electrons. The van der Waals surface area contributed by atoms with E-state index in [2.05, 4.69) is 15.5 Å². The molecule has 24 heavy (non-hydrogen) atoms. The number of amides is 1. The highest BCUT2D eigenvalue weighted by molar-refractivity contribution is 5.95. The summed E-state index contributed by atoms with van der Waals surface area (Å²) < 4.78 is 7.08. The third-order valence-electron chi connectivity index (χ3n) is 3.69. The monoisotopic (exact) mass is 324 g/mol. The van der Waals surface area contributed by atoms with Gasteiger partial charge >= 0.3 is 0 Å². The molecule has 124 valence electrons. The van der Waals surface area contributed by atoms with Gasteiger partial charge in [-0.2, -0.15) is 0 Å². The molecule has 1 N–H and O–H groups in total. The quantitative estimate of drug-likeness (QED) is 0.798. The maximum Gasteiger partial charge on any atom is 0.253 e. The van der Waals surface area contributed by atoms with Crippen molar-refractivity contribution in [3.05, 3.63) is 66.4 Å². The van der Waals surface area contributed by atoms with Gasteiger partial charge in [0.1, 0.15) is 11.8 Å². The molecule has 0 aliphatic carbocycles. The van der Waals surface area contributed by atoms with Crippen LogP contribution in [0.5, 0.6) is 0 Å². The van der Waals surface area contributed by atoms with E-state index < -0.39 is 6.04 Å². The molecular weight excluding hydrogens is 304 g/mol. The SMILES string of the molecule is CC(C)(C)c1cc(NC(=O)C(c2ccccc2)n2ccnc2)no1. The number of hydrogen-bond acceptors (Lipinski definition) is 4. The van der Waals surface area contributed by atoms with Crippen LogP contribution in [0.1, 0.15) is 38.1 Å². The van der Waals surface area contributed by atoms with Gasteiger partial charge in [-0.3, -0.25) is 4.79 Å². The minimum absolute atomic E-state index is 0.168. The van der Waals surface area contributed by atoms with Crippen LogP contribution in [0.2, 0.25) is 0 Å². The van der Waals surface area contributed by atoms with Crippen molar-refractivity contribution in [2.24, 2.45) is 0 Å². The Labute approximate surface area is 140 Å². The van der Waals surface area contributed by atoms with E-state index in [1.165, 1.54) is 0 Å². The van der Waals surface area contributed by atoms with Gasteiger partial charge in [-0.25, -0.2) is 4.98 Å². The molecule has 1 unspecified atom stereocenters. The number of carbonyl (C=O) groups is 1. The molecule has 1 amide bonds. The van der Waals surface area contributed by atoms with Crippen molar-refractivity contribution in [1.82, 2.24) is 14.7 Å². The standard InChI is InChI=1S/C18H20N4O2/c1-18(2,3)14-11-15(21-24-14)20-17(23)16(22-10-9-19-12-22)13-7-5-4-6-8-13/h4-12,16H,1-3H3,(H,20,21,23). The van der Waals surface area contributed by atoms with Crippen molar-refractivity contribution in [2.75, 3.05) is 5.32 Å². The summed E-state index contributed by atoms with van der Waals surface area (Å²) in [6, 6.07) is 10.8. The summed E-state index contributed by atoms with van der Waals surface area (Å²) in [7, 11) is 0. The molecule has 0 aliphatic heterocycles. The number of carbonyl (C=O) groups excluding carboxylic acids is 1. The molecule has 0 spiro atoms. The van der Waals surface area contributed by atoms with E-state index in [-0.39, 0.29) is 11.3 Å². The predicted molar refractivity (Wildman–Crippen MR) is 90.6 cm³/mol. The first-order valence-corrected chi connectivity index (χ1v) is 7.75. The maximum atomic E-state index is 12.8. The van der Waals surface area contributed by atoms with Crippen molar-refractivity contribution < 1.29 is 9.32 Å². The summed E-state index contributed by atoms with van der Waals surface area (Å²) in [4.78, 5) is 16.9. The Morgan fingerprint density at radius 3 is 2.58 bits per heavy atom. The second-order valence-corrected chi connectivity index (χ2v) is 6.64. The minimum atomic E-state index is -0.525.